The van der Waals surface area contributed by atoms with E-state index in [2.05, 4.69) is 15.3 Å². The van der Waals surface area contributed by atoms with Crippen molar-refractivity contribution in [2.24, 2.45) is 5.92 Å². The van der Waals surface area contributed by atoms with Gasteiger partial charge >= 0.3 is 5.69 Å². The molecular formula is C14H11ClFN3O2. The highest BCUT2D eigenvalue weighted by atomic mass is 35.5. The Bertz CT molecular complexity index is 745. The molecule has 1 aromatic carbocycles. The van der Waals surface area contributed by atoms with Crippen LogP contribution in [-0.2, 0) is 4.79 Å². The Hall–Kier alpha value is -2.21. The molecule has 0 saturated heterocycles. The van der Waals surface area contributed by atoms with Crippen molar-refractivity contribution >= 4 is 23.3 Å². The zero-order valence-corrected chi connectivity index (χ0v) is 11.5. The van der Waals surface area contributed by atoms with E-state index in [-0.39, 0.29) is 23.6 Å². The van der Waals surface area contributed by atoms with Gasteiger partial charge < -0.3 is 5.32 Å². The lowest BCUT2D eigenvalue weighted by Crippen LogP contribution is -2.21. The zero-order valence-electron chi connectivity index (χ0n) is 10.8. The number of amides is 1. The zero-order chi connectivity index (χ0) is 15.0. The number of hydrogen-bond donors (Lipinski definition) is 2. The topological polar surface area (TPSA) is 74.8 Å². The highest BCUT2D eigenvalue weighted by Gasteiger charge is 2.44. The summed E-state index contributed by atoms with van der Waals surface area (Å²) in [6, 6.07) is 7.28. The van der Waals surface area contributed by atoms with E-state index in [1.54, 1.807) is 12.1 Å². The van der Waals surface area contributed by atoms with Crippen molar-refractivity contribution in [1.82, 2.24) is 9.97 Å². The molecule has 2 atom stereocenters. The van der Waals surface area contributed by atoms with Crippen LogP contribution in [0.3, 0.4) is 0 Å². The van der Waals surface area contributed by atoms with E-state index in [4.69, 9.17) is 11.6 Å². The Morgan fingerprint density at radius 2 is 2.10 bits per heavy atom. The summed E-state index contributed by atoms with van der Waals surface area (Å²) in [4.78, 5) is 28.5. The predicted molar refractivity (Wildman–Crippen MR) is 75.7 cm³/mol. The largest absolute Gasteiger partial charge is 0.346 e. The summed E-state index contributed by atoms with van der Waals surface area (Å²) in [5.41, 5.74) is 0.306. The van der Waals surface area contributed by atoms with Gasteiger partial charge in [0.2, 0.25) is 5.91 Å². The Morgan fingerprint density at radius 3 is 2.81 bits per heavy atom. The molecule has 2 aromatic rings. The standard InChI is InChI=1S/C14H11ClFN3O2/c15-8-3-1-7(2-4-8)9-5-10(9)13(20)18-12-11(16)6-17-14(21)19-12/h1-4,6,9-10H,5H2,(H2,17,18,19,20,21)/t9-,10+/m1/s1. The molecule has 5 nitrogen and oxygen atoms in total. The van der Waals surface area contributed by atoms with E-state index >= 15 is 0 Å². The van der Waals surface area contributed by atoms with Crippen LogP contribution in [0.2, 0.25) is 5.02 Å². The number of aromatic nitrogens is 2. The highest BCUT2D eigenvalue weighted by Crippen LogP contribution is 2.48. The van der Waals surface area contributed by atoms with E-state index in [9.17, 15) is 14.0 Å². The summed E-state index contributed by atoms with van der Waals surface area (Å²) in [6.07, 6.45) is 1.46. The van der Waals surface area contributed by atoms with E-state index < -0.39 is 11.5 Å². The van der Waals surface area contributed by atoms with Gasteiger partial charge in [-0.2, -0.15) is 4.98 Å². The molecule has 1 heterocycles. The molecule has 2 N–H and O–H groups in total. The van der Waals surface area contributed by atoms with Crippen LogP contribution in [0.5, 0.6) is 0 Å². The Kier molecular flexibility index (Phi) is 3.47. The monoisotopic (exact) mass is 307 g/mol. The first kappa shape index (κ1) is 13.8. The maximum atomic E-state index is 13.4. The van der Waals surface area contributed by atoms with Gasteiger partial charge in [0.1, 0.15) is 0 Å². The molecule has 1 saturated carbocycles. The number of nitrogens with one attached hydrogen (secondary N) is 2. The maximum absolute atomic E-state index is 13.4. The molecule has 0 spiro atoms. The minimum absolute atomic E-state index is 0.0962. The van der Waals surface area contributed by atoms with Crippen LogP contribution in [0, 0.1) is 11.7 Å². The second kappa shape index (κ2) is 5.29. The van der Waals surface area contributed by atoms with Crippen molar-refractivity contribution in [3.8, 4) is 0 Å². The van der Waals surface area contributed by atoms with E-state index in [0.29, 0.717) is 11.4 Å². The van der Waals surface area contributed by atoms with Crippen molar-refractivity contribution in [3.05, 3.63) is 57.3 Å². The number of hydrogen-bond acceptors (Lipinski definition) is 3. The van der Waals surface area contributed by atoms with Gasteiger partial charge in [-0.1, -0.05) is 23.7 Å². The Labute approximate surface area is 124 Å². The summed E-state index contributed by atoms with van der Waals surface area (Å²) in [7, 11) is 0. The van der Waals surface area contributed by atoms with Gasteiger partial charge in [0.25, 0.3) is 0 Å². The van der Waals surface area contributed by atoms with Gasteiger partial charge in [0.05, 0.1) is 6.20 Å². The average Bonchev–Trinajstić information content (AvgIpc) is 3.24. The molecule has 3 rings (SSSR count). The van der Waals surface area contributed by atoms with Crippen LogP contribution in [-0.4, -0.2) is 15.9 Å². The first-order valence-corrected chi connectivity index (χ1v) is 6.73. The first-order valence-electron chi connectivity index (χ1n) is 6.36. The van der Waals surface area contributed by atoms with Crippen molar-refractivity contribution in [3.63, 3.8) is 0 Å². The molecule has 1 aromatic heterocycles. The second-order valence-electron chi connectivity index (χ2n) is 4.90. The summed E-state index contributed by atoms with van der Waals surface area (Å²) < 4.78 is 13.4. The molecule has 0 radical (unpaired) electrons. The number of anilines is 1. The highest BCUT2D eigenvalue weighted by molar-refractivity contribution is 6.30. The van der Waals surface area contributed by atoms with Crippen molar-refractivity contribution in [2.75, 3.05) is 5.32 Å². The third-order valence-corrected chi connectivity index (χ3v) is 3.69. The lowest BCUT2D eigenvalue weighted by atomic mass is 10.1. The molecule has 7 heteroatoms. The predicted octanol–water partition coefficient (Wildman–Crippen LogP) is 2.30. The fraction of sp³-hybridized carbons (Fsp3) is 0.214. The molecule has 1 amide bonds. The third kappa shape index (κ3) is 2.95. The van der Waals surface area contributed by atoms with Crippen molar-refractivity contribution in [2.45, 2.75) is 12.3 Å². The van der Waals surface area contributed by atoms with Crippen LogP contribution < -0.4 is 11.0 Å². The van der Waals surface area contributed by atoms with Gasteiger partial charge in [-0.15, -0.1) is 0 Å². The van der Waals surface area contributed by atoms with Crippen LogP contribution in [0.25, 0.3) is 0 Å². The van der Waals surface area contributed by atoms with E-state index in [0.717, 1.165) is 11.8 Å². The molecule has 1 aliphatic carbocycles. The van der Waals surface area contributed by atoms with Crippen LogP contribution in [0.4, 0.5) is 10.2 Å². The minimum Gasteiger partial charge on any atom is -0.309 e. The third-order valence-electron chi connectivity index (χ3n) is 3.44. The second-order valence-corrected chi connectivity index (χ2v) is 5.34. The summed E-state index contributed by atoms with van der Waals surface area (Å²) in [5, 5.41) is 3.02. The smallest absolute Gasteiger partial charge is 0.309 e. The van der Waals surface area contributed by atoms with Crippen molar-refractivity contribution in [1.29, 1.82) is 0 Å². The molecule has 21 heavy (non-hydrogen) atoms. The quantitative estimate of drug-likeness (QED) is 0.913. The van der Waals surface area contributed by atoms with Gasteiger partial charge in [-0.05, 0) is 30.0 Å². The lowest BCUT2D eigenvalue weighted by Gasteiger charge is -2.05. The molecule has 1 aliphatic rings. The number of nitrogens with zero attached hydrogens (tertiary/aromatic N) is 1. The summed E-state index contributed by atoms with van der Waals surface area (Å²) in [5.74, 6) is -1.48. The molecule has 0 bridgehead atoms. The number of rotatable bonds is 3. The van der Waals surface area contributed by atoms with Crippen LogP contribution >= 0.6 is 11.6 Å². The fourth-order valence-corrected chi connectivity index (χ4v) is 2.37. The van der Waals surface area contributed by atoms with Gasteiger partial charge in [0, 0.05) is 10.9 Å². The first-order chi connectivity index (χ1) is 10.0. The average molecular weight is 308 g/mol. The fourth-order valence-electron chi connectivity index (χ4n) is 2.25. The molecule has 108 valence electrons. The van der Waals surface area contributed by atoms with E-state index in [1.165, 1.54) is 0 Å². The number of carbonyl (C=O) groups is 1. The van der Waals surface area contributed by atoms with Crippen molar-refractivity contribution < 1.29 is 9.18 Å². The minimum atomic E-state index is -0.772. The van der Waals surface area contributed by atoms with Crippen LogP contribution in [0.15, 0.2) is 35.3 Å². The van der Waals surface area contributed by atoms with E-state index in [1.807, 2.05) is 12.1 Å². The van der Waals surface area contributed by atoms with Crippen LogP contribution in [0.1, 0.15) is 17.9 Å². The molecule has 0 aliphatic heterocycles. The van der Waals surface area contributed by atoms with Gasteiger partial charge in [0.15, 0.2) is 11.6 Å². The van der Waals surface area contributed by atoms with Gasteiger partial charge in [-0.25, -0.2) is 9.18 Å². The molecule has 1 fully saturated rings. The number of H-pyrrole nitrogens is 1. The number of halogens is 2. The summed E-state index contributed by atoms with van der Waals surface area (Å²) in [6.45, 7) is 0. The molecule has 0 unspecified atom stereocenters. The molecular weight excluding hydrogens is 297 g/mol. The SMILES string of the molecule is O=C(Nc1[nH]c(=O)ncc1F)[C@H]1C[C@@H]1c1ccc(Cl)cc1. The normalized spacial score (nSPS) is 20.1. The van der Waals surface area contributed by atoms with Gasteiger partial charge in [-0.3, -0.25) is 9.78 Å². The number of benzene rings is 1. The summed E-state index contributed by atoms with van der Waals surface area (Å²) >= 11 is 5.81. The maximum Gasteiger partial charge on any atom is 0.346 e. The Morgan fingerprint density at radius 1 is 1.38 bits per heavy atom. The Balaban J connectivity index is 1.69. The lowest BCUT2D eigenvalue weighted by molar-refractivity contribution is -0.117. The number of carbonyl (C=O) groups excluding carboxylic acids is 1. The number of aromatic amines is 1.